The minimum atomic E-state index is 0.246. The summed E-state index contributed by atoms with van der Waals surface area (Å²) in [4.78, 5) is 8.36. The molecule has 0 saturated carbocycles. The number of rotatable bonds is 2. The Balaban J connectivity index is 2.05. The summed E-state index contributed by atoms with van der Waals surface area (Å²) in [6, 6.07) is 6.60. The minimum absolute atomic E-state index is 0.246. The zero-order valence-electron chi connectivity index (χ0n) is 10.3. The van der Waals surface area contributed by atoms with Crippen molar-refractivity contribution >= 4 is 40.5 Å². The summed E-state index contributed by atoms with van der Waals surface area (Å²) in [6.45, 7) is 0. The van der Waals surface area contributed by atoms with Gasteiger partial charge in [-0.05, 0) is 24.3 Å². The fourth-order valence-electron chi connectivity index (χ4n) is 1.69. The molecular formula is C13H7Cl3N4O. The second-order valence-electron chi connectivity index (χ2n) is 4.11. The van der Waals surface area contributed by atoms with Crippen molar-refractivity contribution in [3.8, 4) is 23.0 Å². The molecule has 5 nitrogen and oxygen atoms in total. The number of aromatic nitrogens is 3. The molecule has 0 aliphatic heterocycles. The van der Waals surface area contributed by atoms with Crippen LogP contribution in [0, 0.1) is 0 Å². The van der Waals surface area contributed by atoms with Crippen LogP contribution >= 0.6 is 34.8 Å². The zero-order valence-corrected chi connectivity index (χ0v) is 12.6. The molecule has 0 saturated heterocycles. The van der Waals surface area contributed by atoms with E-state index < -0.39 is 0 Å². The fourth-order valence-corrected chi connectivity index (χ4v) is 2.39. The van der Waals surface area contributed by atoms with Crippen molar-refractivity contribution in [1.82, 2.24) is 15.1 Å². The van der Waals surface area contributed by atoms with Crippen molar-refractivity contribution in [1.29, 1.82) is 0 Å². The highest BCUT2D eigenvalue weighted by atomic mass is 35.5. The molecule has 0 aliphatic carbocycles. The van der Waals surface area contributed by atoms with Gasteiger partial charge in [0.2, 0.25) is 5.82 Å². The Hall–Kier alpha value is -1.82. The SMILES string of the molecule is Nc1c(Cl)cc(-c2nc(-c3ncccc3Cl)no2)cc1Cl. The van der Waals surface area contributed by atoms with Crippen molar-refractivity contribution in [3.63, 3.8) is 0 Å². The third kappa shape index (κ3) is 2.68. The lowest BCUT2D eigenvalue weighted by Gasteiger charge is -2.02. The van der Waals surface area contributed by atoms with Crippen LogP contribution in [0.1, 0.15) is 0 Å². The number of pyridine rings is 1. The Morgan fingerprint density at radius 1 is 1.05 bits per heavy atom. The van der Waals surface area contributed by atoms with Crippen LogP contribution in [0.5, 0.6) is 0 Å². The largest absolute Gasteiger partial charge is 0.396 e. The highest BCUT2D eigenvalue weighted by Crippen LogP contribution is 2.33. The van der Waals surface area contributed by atoms with E-state index in [-0.39, 0.29) is 11.7 Å². The van der Waals surface area contributed by atoms with E-state index in [0.717, 1.165) is 0 Å². The van der Waals surface area contributed by atoms with Gasteiger partial charge in [-0.15, -0.1) is 0 Å². The number of nitrogens with zero attached hydrogens (tertiary/aromatic N) is 3. The molecule has 21 heavy (non-hydrogen) atoms. The quantitative estimate of drug-likeness (QED) is 0.701. The summed E-state index contributed by atoms with van der Waals surface area (Å²) in [5.41, 5.74) is 6.98. The summed E-state index contributed by atoms with van der Waals surface area (Å²) in [5.74, 6) is 0.523. The molecule has 2 aromatic heterocycles. The lowest BCUT2D eigenvalue weighted by atomic mass is 10.2. The summed E-state index contributed by atoms with van der Waals surface area (Å²) in [5, 5.41) is 4.91. The lowest BCUT2D eigenvalue weighted by molar-refractivity contribution is 0.432. The summed E-state index contributed by atoms with van der Waals surface area (Å²) >= 11 is 18.0. The Bertz CT molecular complexity index is 796. The predicted octanol–water partition coefficient (Wildman–Crippen LogP) is 4.34. The van der Waals surface area contributed by atoms with Crippen molar-refractivity contribution in [2.45, 2.75) is 0 Å². The Morgan fingerprint density at radius 2 is 1.76 bits per heavy atom. The van der Waals surface area contributed by atoms with Gasteiger partial charge < -0.3 is 10.3 Å². The maximum atomic E-state index is 6.04. The summed E-state index contributed by atoms with van der Waals surface area (Å²) in [7, 11) is 0. The number of nitrogens with two attached hydrogens (primary N) is 1. The second-order valence-corrected chi connectivity index (χ2v) is 5.33. The summed E-state index contributed by atoms with van der Waals surface area (Å²) < 4.78 is 5.19. The van der Waals surface area contributed by atoms with E-state index in [4.69, 9.17) is 45.1 Å². The van der Waals surface area contributed by atoms with Crippen molar-refractivity contribution in [3.05, 3.63) is 45.5 Å². The standard InChI is InChI=1S/C13H7Cl3N4O/c14-7-2-1-3-18-11(7)12-19-13(21-20-12)6-4-8(15)10(17)9(16)5-6/h1-5H,17H2. The Labute approximate surface area is 134 Å². The molecule has 0 aliphatic rings. The van der Waals surface area contributed by atoms with E-state index in [9.17, 15) is 0 Å². The molecule has 0 fully saturated rings. The number of hydrogen-bond acceptors (Lipinski definition) is 5. The van der Waals surface area contributed by atoms with Crippen LogP contribution in [0.25, 0.3) is 23.0 Å². The first-order valence-electron chi connectivity index (χ1n) is 5.75. The van der Waals surface area contributed by atoms with Gasteiger partial charge in [0.15, 0.2) is 0 Å². The monoisotopic (exact) mass is 340 g/mol. The smallest absolute Gasteiger partial charge is 0.258 e. The first-order valence-corrected chi connectivity index (χ1v) is 6.89. The zero-order chi connectivity index (χ0) is 15.0. The average molecular weight is 342 g/mol. The van der Waals surface area contributed by atoms with E-state index in [1.807, 2.05) is 0 Å². The number of benzene rings is 1. The molecule has 0 atom stereocenters. The molecule has 0 unspecified atom stereocenters. The van der Waals surface area contributed by atoms with E-state index >= 15 is 0 Å². The maximum Gasteiger partial charge on any atom is 0.258 e. The van der Waals surface area contributed by atoms with Gasteiger partial charge in [0, 0.05) is 11.8 Å². The van der Waals surface area contributed by atoms with Gasteiger partial charge in [-0.1, -0.05) is 40.0 Å². The molecule has 0 radical (unpaired) electrons. The van der Waals surface area contributed by atoms with E-state index in [2.05, 4.69) is 15.1 Å². The number of anilines is 1. The van der Waals surface area contributed by atoms with E-state index in [1.54, 1.807) is 30.5 Å². The topological polar surface area (TPSA) is 77.8 Å². The normalized spacial score (nSPS) is 10.8. The van der Waals surface area contributed by atoms with Crippen molar-refractivity contribution in [2.75, 3.05) is 5.73 Å². The van der Waals surface area contributed by atoms with Crippen LogP contribution in [0.4, 0.5) is 5.69 Å². The van der Waals surface area contributed by atoms with Gasteiger partial charge in [-0.25, -0.2) is 0 Å². The third-order valence-electron chi connectivity index (χ3n) is 2.72. The van der Waals surface area contributed by atoms with Gasteiger partial charge in [0.1, 0.15) is 5.69 Å². The average Bonchev–Trinajstić information content (AvgIpc) is 2.94. The molecule has 0 amide bonds. The van der Waals surface area contributed by atoms with E-state index in [0.29, 0.717) is 32.0 Å². The molecule has 2 heterocycles. The molecule has 2 N–H and O–H groups in total. The predicted molar refractivity (Wildman–Crippen MR) is 82.4 cm³/mol. The molecule has 1 aromatic carbocycles. The van der Waals surface area contributed by atoms with E-state index in [1.165, 1.54) is 0 Å². The Morgan fingerprint density at radius 3 is 2.43 bits per heavy atom. The molecule has 0 spiro atoms. The lowest BCUT2D eigenvalue weighted by Crippen LogP contribution is -1.89. The van der Waals surface area contributed by atoms with Crippen LogP contribution in [0.3, 0.4) is 0 Å². The van der Waals surface area contributed by atoms with Crippen molar-refractivity contribution < 1.29 is 4.52 Å². The van der Waals surface area contributed by atoms with Crippen molar-refractivity contribution in [2.24, 2.45) is 0 Å². The van der Waals surface area contributed by atoms with Crippen LogP contribution in [0.15, 0.2) is 35.0 Å². The number of nitrogen functional groups attached to an aromatic ring is 1. The molecule has 3 aromatic rings. The fraction of sp³-hybridized carbons (Fsp3) is 0. The van der Waals surface area contributed by atoms with Crippen LogP contribution in [-0.4, -0.2) is 15.1 Å². The molecule has 106 valence electrons. The highest BCUT2D eigenvalue weighted by molar-refractivity contribution is 6.39. The Kier molecular flexibility index (Phi) is 3.71. The molecule has 0 bridgehead atoms. The minimum Gasteiger partial charge on any atom is -0.396 e. The second kappa shape index (κ2) is 5.52. The molecular weight excluding hydrogens is 335 g/mol. The van der Waals surface area contributed by atoms with Gasteiger partial charge >= 0.3 is 0 Å². The molecule has 3 rings (SSSR count). The van der Waals surface area contributed by atoms with Crippen LogP contribution < -0.4 is 5.73 Å². The van der Waals surface area contributed by atoms with Gasteiger partial charge in [-0.2, -0.15) is 4.98 Å². The summed E-state index contributed by atoms with van der Waals surface area (Å²) in [6.07, 6.45) is 1.59. The number of halogens is 3. The first-order chi connectivity index (χ1) is 10.1. The van der Waals surface area contributed by atoms with Gasteiger partial charge in [0.05, 0.1) is 20.8 Å². The van der Waals surface area contributed by atoms with Crippen LogP contribution in [0.2, 0.25) is 15.1 Å². The molecule has 8 heteroatoms. The van der Waals surface area contributed by atoms with Gasteiger partial charge in [-0.3, -0.25) is 4.98 Å². The highest BCUT2D eigenvalue weighted by Gasteiger charge is 2.16. The van der Waals surface area contributed by atoms with Gasteiger partial charge in [0.25, 0.3) is 5.89 Å². The third-order valence-corrected chi connectivity index (χ3v) is 3.65. The maximum absolute atomic E-state index is 6.04. The first kappa shape index (κ1) is 14.1. The van der Waals surface area contributed by atoms with Crippen LogP contribution in [-0.2, 0) is 0 Å². The number of hydrogen-bond donors (Lipinski definition) is 1.